The Bertz CT molecular complexity index is 1360. The Morgan fingerprint density at radius 3 is 2.62 bits per heavy atom. The summed E-state index contributed by atoms with van der Waals surface area (Å²) in [4.78, 5) is 16.4. The van der Waals surface area contributed by atoms with Crippen LogP contribution in [-0.2, 0) is 15.3 Å². The van der Waals surface area contributed by atoms with Crippen LogP contribution >= 0.6 is 23.2 Å². The number of aromatic hydroxyl groups is 1. The molecule has 40 heavy (non-hydrogen) atoms. The lowest BCUT2D eigenvalue weighted by atomic mass is 10.1. The molecule has 0 radical (unpaired) electrons. The second-order valence-electron chi connectivity index (χ2n) is 9.67. The first-order chi connectivity index (χ1) is 19.3. The van der Waals surface area contributed by atoms with Crippen LogP contribution in [0.15, 0.2) is 71.8 Å². The summed E-state index contributed by atoms with van der Waals surface area (Å²) in [5.41, 5.74) is 5.03. The molecular formula is C29H30Cl2N4O5. The van der Waals surface area contributed by atoms with E-state index in [1.54, 1.807) is 41.3 Å². The van der Waals surface area contributed by atoms with Gasteiger partial charge in [0.25, 0.3) is 0 Å². The number of nitrogens with one attached hydrogen (secondary N) is 1. The Morgan fingerprint density at radius 1 is 1.12 bits per heavy atom. The van der Waals surface area contributed by atoms with Gasteiger partial charge in [-0.25, -0.2) is 10.2 Å². The van der Waals surface area contributed by atoms with Crippen molar-refractivity contribution in [1.29, 1.82) is 0 Å². The maximum absolute atomic E-state index is 12.5. The number of ether oxygens (including phenoxy) is 3. The van der Waals surface area contributed by atoms with Gasteiger partial charge in [-0.1, -0.05) is 41.4 Å². The summed E-state index contributed by atoms with van der Waals surface area (Å²) in [6, 6.07) is 19.5. The minimum atomic E-state index is -0.961. The number of rotatable bonds is 7. The predicted octanol–water partition coefficient (Wildman–Crippen LogP) is 5.23. The highest BCUT2D eigenvalue weighted by molar-refractivity contribution is 6.35. The molecule has 0 bridgehead atoms. The number of nitrogens with zero attached hydrogens (tertiary/aromatic N) is 3. The molecule has 2 heterocycles. The fourth-order valence-electron chi connectivity index (χ4n) is 4.67. The van der Waals surface area contributed by atoms with Gasteiger partial charge in [-0.3, -0.25) is 0 Å². The third-order valence-corrected chi connectivity index (χ3v) is 7.35. The van der Waals surface area contributed by atoms with E-state index in [2.05, 4.69) is 15.4 Å². The van der Waals surface area contributed by atoms with Gasteiger partial charge in [-0.15, -0.1) is 0 Å². The van der Waals surface area contributed by atoms with Crippen LogP contribution in [0.5, 0.6) is 11.5 Å². The molecule has 210 valence electrons. The van der Waals surface area contributed by atoms with E-state index in [1.165, 1.54) is 6.21 Å². The number of halogens is 2. The smallest absolute Gasteiger partial charge is 0.337 e. The van der Waals surface area contributed by atoms with E-state index in [0.717, 1.165) is 17.0 Å². The van der Waals surface area contributed by atoms with Gasteiger partial charge >= 0.3 is 6.03 Å². The summed E-state index contributed by atoms with van der Waals surface area (Å²) in [6.45, 7) is 5.09. The summed E-state index contributed by atoms with van der Waals surface area (Å²) >= 11 is 12.4. The lowest BCUT2D eigenvalue weighted by molar-refractivity contribution is -0.164. The first-order valence-corrected chi connectivity index (χ1v) is 13.7. The highest BCUT2D eigenvalue weighted by atomic mass is 35.5. The minimum absolute atomic E-state index is 0.145. The third kappa shape index (κ3) is 6.79. The van der Waals surface area contributed by atoms with Crippen molar-refractivity contribution >= 4 is 41.1 Å². The molecule has 2 fully saturated rings. The molecule has 3 aromatic carbocycles. The average Bonchev–Trinajstić information content (AvgIpc) is 3.33. The van der Waals surface area contributed by atoms with E-state index in [-0.39, 0.29) is 17.9 Å². The van der Waals surface area contributed by atoms with E-state index in [9.17, 15) is 9.90 Å². The van der Waals surface area contributed by atoms with Crippen molar-refractivity contribution in [1.82, 2.24) is 10.3 Å². The molecule has 11 heteroatoms. The van der Waals surface area contributed by atoms with Crippen LogP contribution in [0.3, 0.4) is 0 Å². The summed E-state index contributed by atoms with van der Waals surface area (Å²) in [7, 11) is 0. The number of hydrazone groups is 1. The van der Waals surface area contributed by atoms with Gasteiger partial charge in [0.2, 0.25) is 0 Å². The molecule has 2 amide bonds. The van der Waals surface area contributed by atoms with Crippen LogP contribution in [0.2, 0.25) is 10.0 Å². The predicted molar refractivity (Wildman–Crippen MR) is 155 cm³/mol. The van der Waals surface area contributed by atoms with Gasteiger partial charge in [0.1, 0.15) is 24.2 Å². The zero-order chi connectivity index (χ0) is 28.1. The van der Waals surface area contributed by atoms with Gasteiger partial charge in [0, 0.05) is 42.5 Å². The molecule has 9 nitrogen and oxygen atoms in total. The van der Waals surface area contributed by atoms with Crippen LogP contribution in [0, 0.1) is 0 Å². The number of urea groups is 1. The number of hydrogen-bond donors (Lipinski definition) is 2. The second-order valence-corrected chi connectivity index (χ2v) is 10.5. The number of amides is 2. The summed E-state index contributed by atoms with van der Waals surface area (Å²) in [5.74, 6) is -0.0864. The molecule has 0 aliphatic carbocycles. The number of benzene rings is 3. The van der Waals surface area contributed by atoms with Crippen molar-refractivity contribution in [2.45, 2.75) is 18.8 Å². The van der Waals surface area contributed by atoms with E-state index in [4.69, 9.17) is 37.4 Å². The minimum Gasteiger partial charge on any atom is -0.508 e. The van der Waals surface area contributed by atoms with Gasteiger partial charge in [-0.05, 0) is 61.0 Å². The lowest BCUT2D eigenvalue weighted by Gasteiger charge is -2.35. The van der Waals surface area contributed by atoms with Crippen LogP contribution in [0.25, 0.3) is 0 Å². The Morgan fingerprint density at radius 2 is 1.90 bits per heavy atom. The van der Waals surface area contributed by atoms with Crippen molar-refractivity contribution in [2.75, 3.05) is 44.3 Å². The maximum atomic E-state index is 12.5. The fraction of sp³-hybridized carbons (Fsp3) is 0.310. The zero-order valence-electron chi connectivity index (χ0n) is 21.9. The SMILES string of the molecule is C[C@@]1(c2ccc(Cl)cc2Cl)OC[C@@H](COc2ccc(N3CCN(C(=O)N/N=C/c4cccc(O)c4)CC3)cc2)O1. The highest BCUT2D eigenvalue weighted by Gasteiger charge is 2.40. The normalized spacial score (nSPS) is 21.1. The molecule has 0 aromatic heterocycles. The van der Waals surface area contributed by atoms with Crippen LogP contribution in [0.4, 0.5) is 10.5 Å². The molecule has 0 spiro atoms. The number of phenolic OH excluding ortho intramolecular Hbond substituents is 1. The third-order valence-electron chi connectivity index (χ3n) is 6.81. The second kappa shape index (κ2) is 12.3. The van der Waals surface area contributed by atoms with Crippen molar-refractivity contribution < 1.29 is 24.1 Å². The van der Waals surface area contributed by atoms with Gasteiger partial charge in [0.15, 0.2) is 5.79 Å². The van der Waals surface area contributed by atoms with Crippen molar-refractivity contribution in [3.05, 3.63) is 87.9 Å². The fourth-order valence-corrected chi connectivity index (χ4v) is 5.25. The number of carbonyl (C=O) groups excluding carboxylic acids is 1. The Balaban J connectivity index is 1.06. The summed E-state index contributed by atoms with van der Waals surface area (Å²) in [6.07, 6.45) is 1.25. The van der Waals surface area contributed by atoms with E-state index < -0.39 is 5.79 Å². The standard InChI is InChI=1S/C29H30Cl2N4O5/c1-29(26-10-5-21(30)16-27(26)31)39-19-25(40-29)18-38-24-8-6-22(7-9-24)34-11-13-35(14-12-34)28(37)33-32-17-20-3-2-4-23(36)15-20/h2-10,15-17,25,36H,11-14,18-19H2,1H3,(H,33,37)/b32-17+/t25-,29-/m1/s1. The molecule has 2 atom stereocenters. The number of hydrogen-bond acceptors (Lipinski definition) is 7. The summed E-state index contributed by atoms with van der Waals surface area (Å²) < 4.78 is 18.0. The van der Waals surface area contributed by atoms with Crippen molar-refractivity contribution in [2.24, 2.45) is 5.10 Å². The molecule has 2 aliphatic heterocycles. The topological polar surface area (TPSA) is 95.9 Å². The van der Waals surface area contributed by atoms with E-state index in [1.807, 2.05) is 37.3 Å². The zero-order valence-corrected chi connectivity index (χ0v) is 23.4. The molecule has 0 saturated carbocycles. The van der Waals surface area contributed by atoms with Crippen molar-refractivity contribution in [3.63, 3.8) is 0 Å². The largest absolute Gasteiger partial charge is 0.508 e. The Kier molecular flexibility index (Phi) is 8.66. The Labute approximate surface area is 242 Å². The highest BCUT2D eigenvalue weighted by Crippen LogP contribution is 2.38. The number of carbonyl (C=O) groups is 1. The lowest BCUT2D eigenvalue weighted by Crippen LogP contribution is -2.51. The van der Waals surface area contributed by atoms with Crippen LogP contribution in [-0.4, -0.2) is 67.7 Å². The number of piperazine rings is 1. The summed E-state index contributed by atoms with van der Waals surface area (Å²) in [5, 5.41) is 14.5. The first kappa shape index (κ1) is 28.0. The number of phenols is 1. The quantitative estimate of drug-likeness (QED) is 0.291. The molecule has 2 saturated heterocycles. The van der Waals surface area contributed by atoms with E-state index in [0.29, 0.717) is 55.0 Å². The van der Waals surface area contributed by atoms with Gasteiger partial charge in [-0.2, -0.15) is 5.10 Å². The first-order valence-electron chi connectivity index (χ1n) is 12.9. The molecular weight excluding hydrogens is 555 g/mol. The molecule has 0 unspecified atom stereocenters. The molecule has 2 N–H and O–H groups in total. The monoisotopic (exact) mass is 584 g/mol. The van der Waals surface area contributed by atoms with E-state index >= 15 is 0 Å². The maximum Gasteiger partial charge on any atom is 0.337 e. The van der Waals surface area contributed by atoms with Crippen LogP contribution < -0.4 is 15.1 Å². The molecule has 3 aromatic rings. The van der Waals surface area contributed by atoms with Gasteiger partial charge < -0.3 is 29.1 Å². The number of anilines is 1. The molecule has 2 aliphatic rings. The average molecular weight is 585 g/mol. The van der Waals surface area contributed by atoms with Crippen LogP contribution in [0.1, 0.15) is 18.1 Å². The van der Waals surface area contributed by atoms with Gasteiger partial charge in [0.05, 0.1) is 17.8 Å². The molecule has 5 rings (SSSR count). The van der Waals surface area contributed by atoms with Crippen molar-refractivity contribution in [3.8, 4) is 11.5 Å². The Hall–Kier alpha value is -3.50.